The van der Waals surface area contributed by atoms with Crippen LogP contribution in [0, 0.1) is 0 Å². The first-order valence-corrected chi connectivity index (χ1v) is 10.5. The summed E-state index contributed by atoms with van der Waals surface area (Å²) < 4.78 is 10.8. The van der Waals surface area contributed by atoms with Crippen molar-refractivity contribution in [1.82, 2.24) is 15.5 Å². The Labute approximate surface area is 160 Å². The van der Waals surface area contributed by atoms with Crippen molar-refractivity contribution in [2.45, 2.75) is 12.5 Å². The van der Waals surface area contributed by atoms with E-state index in [9.17, 15) is 0 Å². The van der Waals surface area contributed by atoms with Gasteiger partial charge < -0.3 is 20.1 Å². The van der Waals surface area contributed by atoms with Gasteiger partial charge in [-0.15, -0.1) is 0 Å². The average molecular weight is 384 g/mol. The van der Waals surface area contributed by atoms with Gasteiger partial charge in [0.1, 0.15) is 5.75 Å². The molecule has 0 saturated carbocycles. The Kier molecular flexibility index (Phi) is 9.39. The lowest BCUT2D eigenvalue weighted by molar-refractivity contribution is 0.0170. The second-order valence-corrected chi connectivity index (χ2v) is 7.31. The largest absolute Gasteiger partial charge is 0.497 e. The van der Waals surface area contributed by atoms with Crippen molar-refractivity contribution in [3.63, 3.8) is 0 Å². The maximum Gasteiger partial charge on any atom is 0.166 e. The number of rotatable bonds is 9. The van der Waals surface area contributed by atoms with Crippen LogP contribution in [0.3, 0.4) is 0 Å². The summed E-state index contributed by atoms with van der Waals surface area (Å²) in [4.78, 5) is 2.45. The Morgan fingerprint density at radius 3 is 2.64 bits per heavy atom. The lowest BCUT2D eigenvalue weighted by atomic mass is 10.0. The van der Waals surface area contributed by atoms with Crippen LogP contribution in [0.4, 0.5) is 0 Å². The lowest BCUT2D eigenvalue weighted by Crippen LogP contribution is -2.45. The van der Waals surface area contributed by atoms with Gasteiger partial charge in [0.15, 0.2) is 5.11 Å². The number of hydrogen-bond acceptors (Lipinski definition) is 5. The van der Waals surface area contributed by atoms with E-state index >= 15 is 0 Å². The number of benzene rings is 1. The van der Waals surface area contributed by atoms with E-state index < -0.39 is 0 Å². The van der Waals surface area contributed by atoms with Crippen LogP contribution in [0.2, 0.25) is 0 Å². The fraction of sp³-hybridized carbons (Fsp3) is 0.611. The molecule has 0 aromatic heterocycles. The van der Waals surface area contributed by atoms with E-state index in [1.807, 2.05) is 23.9 Å². The first-order valence-electron chi connectivity index (χ1n) is 8.71. The third-order valence-corrected chi connectivity index (χ3v) is 5.24. The van der Waals surface area contributed by atoms with Crippen molar-refractivity contribution in [1.29, 1.82) is 0 Å². The molecule has 2 N–H and O–H groups in total. The second kappa shape index (κ2) is 11.6. The molecule has 0 aliphatic carbocycles. The van der Waals surface area contributed by atoms with Gasteiger partial charge in [-0.2, -0.15) is 11.8 Å². The molecule has 0 amide bonds. The quantitative estimate of drug-likeness (QED) is 0.501. The number of nitrogens with zero attached hydrogens (tertiary/aromatic N) is 1. The SMILES string of the molecule is COc1ccc(C(CNC(=S)NCCCSC)N2CCOCC2)cc1. The molecule has 7 heteroatoms. The molecule has 0 bridgehead atoms. The van der Waals surface area contributed by atoms with Crippen LogP contribution in [-0.2, 0) is 4.74 Å². The van der Waals surface area contributed by atoms with Crippen molar-refractivity contribution < 1.29 is 9.47 Å². The van der Waals surface area contributed by atoms with E-state index in [4.69, 9.17) is 21.7 Å². The molecule has 1 heterocycles. The zero-order valence-electron chi connectivity index (χ0n) is 15.1. The summed E-state index contributed by atoms with van der Waals surface area (Å²) >= 11 is 7.28. The maximum atomic E-state index is 5.50. The summed E-state index contributed by atoms with van der Waals surface area (Å²) in [6, 6.07) is 8.56. The summed E-state index contributed by atoms with van der Waals surface area (Å²) in [5.41, 5.74) is 1.26. The van der Waals surface area contributed by atoms with Gasteiger partial charge >= 0.3 is 0 Å². The predicted octanol–water partition coefficient (Wildman–Crippen LogP) is 2.29. The minimum Gasteiger partial charge on any atom is -0.497 e. The number of morpholine rings is 1. The minimum atomic E-state index is 0.265. The zero-order chi connectivity index (χ0) is 17.9. The van der Waals surface area contributed by atoms with Crippen LogP contribution in [0.5, 0.6) is 5.75 Å². The Balaban J connectivity index is 1.93. The van der Waals surface area contributed by atoms with Gasteiger partial charge in [-0.25, -0.2) is 0 Å². The van der Waals surface area contributed by atoms with Gasteiger partial charge in [0.05, 0.1) is 26.4 Å². The molecule has 2 rings (SSSR count). The standard InChI is InChI=1S/C18H29N3O2S2/c1-22-16-6-4-15(5-7-16)17(21-9-11-23-12-10-21)14-20-18(24)19-8-3-13-25-2/h4-7,17H,3,8-14H2,1-2H3,(H2,19,20,24). The summed E-state index contributed by atoms with van der Waals surface area (Å²) in [7, 11) is 1.69. The van der Waals surface area contributed by atoms with Gasteiger partial charge in [-0.1, -0.05) is 12.1 Å². The smallest absolute Gasteiger partial charge is 0.166 e. The summed E-state index contributed by atoms with van der Waals surface area (Å²) in [6.45, 7) is 5.13. The molecule has 1 fully saturated rings. The zero-order valence-corrected chi connectivity index (χ0v) is 16.8. The third kappa shape index (κ3) is 7.01. The van der Waals surface area contributed by atoms with Crippen molar-refractivity contribution in [2.75, 3.05) is 58.5 Å². The Morgan fingerprint density at radius 2 is 2.00 bits per heavy atom. The maximum absolute atomic E-state index is 5.50. The van der Waals surface area contributed by atoms with E-state index in [1.165, 1.54) is 5.56 Å². The van der Waals surface area contributed by atoms with Gasteiger partial charge in [0.25, 0.3) is 0 Å². The normalized spacial score (nSPS) is 16.2. The van der Waals surface area contributed by atoms with Crippen molar-refractivity contribution in [3.8, 4) is 5.75 Å². The van der Waals surface area contributed by atoms with E-state index in [0.29, 0.717) is 0 Å². The lowest BCUT2D eigenvalue weighted by Gasteiger charge is -2.35. The van der Waals surface area contributed by atoms with Crippen LogP contribution in [0.1, 0.15) is 18.0 Å². The number of ether oxygens (including phenoxy) is 2. The molecule has 1 aliphatic heterocycles. The average Bonchev–Trinajstić information content (AvgIpc) is 2.67. The number of methoxy groups -OCH3 is 1. The fourth-order valence-electron chi connectivity index (χ4n) is 2.84. The molecule has 1 unspecified atom stereocenters. The highest BCUT2D eigenvalue weighted by Gasteiger charge is 2.22. The van der Waals surface area contributed by atoms with E-state index in [-0.39, 0.29) is 6.04 Å². The number of thiocarbonyl (C=S) groups is 1. The van der Waals surface area contributed by atoms with Crippen molar-refractivity contribution in [3.05, 3.63) is 29.8 Å². The summed E-state index contributed by atoms with van der Waals surface area (Å²) in [5, 5.41) is 7.40. The summed E-state index contributed by atoms with van der Waals surface area (Å²) in [5.74, 6) is 2.03. The Morgan fingerprint density at radius 1 is 1.28 bits per heavy atom. The highest BCUT2D eigenvalue weighted by atomic mass is 32.2. The van der Waals surface area contributed by atoms with E-state index in [0.717, 1.165) is 62.4 Å². The molecular formula is C18H29N3O2S2. The van der Waals surface area contributed by atoms with Gasteiger partial charge in [-0.05, 0) is 48.3 Å². The molecule has 1 aliphatic rings. The molecular weight excluding hydrogens is 354 g/mol. The van der Waals surface area contributed by atoms with Crippen LogP contribution < -0.4 is 15.4 Å². The van der Waals surface area contributed by atoms with Gasteiger partial charge in [-0.3, -0.25) is 4.90 Å². The third-order valence-electron chi connectivity index (χ3n) is 4.25. The topological polar surface area (TPSA) is 45.8 Å². The first kappa shape index (κ1) is 20.3. The van der Waals surface area contributed by atoms with Crippen LogP contribution in [0.25, 0.3) is 0 Å². The number of nitrogens with one attached hydrogen (secondary N) is 2. The fourth-order valence-corrected chi connectivity index (χ4v) is 3.46. The molecule has 5 nitrogen and oxygen atoms in total. The summed E-state index contributed by atoms with van der Waals surface area (Å²) in [6.07, 6.45) is 3.24. The Hall–Kier alpha value is -1.02. The predicted molar refractivity (Wildman–Crippen MR) is 110 cm³/mol. The number of thioether (sulfide) groups is 1. The first-order chi connectivity index (χ1) is 12.2. The minimum absolute atomic E-state index is 0.265. The van der Waals surface area contributed by atoms with Crippen molar-refractivity contribution >= 4 is 29.1 Å². The molecule has 0 spiro atoms. The highest BCUT2D eigenvalue weighted by molar-refractivity contribution is 7.98. The van der Waals surface area contributed by atoms with E-state index in [2.05, 4.69) is 33.9 Å². The van der Waals surface area contributed by atoms with E-state index in [1.54, 1.807) is 7.11 Å². The van der Waals surface area contributed by atoms with Crippen LogP contribution in [0.15, 0.2) is 24.3 Å². The Bertz CT molecular complexity index is 508. The molecule has 1 aromatic rings. The monoisotopic (exact) mass is 383 g/mol. The van der Waals surface area contributed by atoms with Crippen molar-refractivity contribution in [2.24, 2.45) is 0 Å². The molecule has 140 valence electrons. The van der Waals surface area contributed by atoms with Gasteiger partial charge in [0, 0.05) is 26.2 Å². The second-order valence-electron chi connectivity index (χ2n) is 5.92. The molecule has 1 saturated heterocycles. The molecule has 25 heavy (non-hydrogen) atoms. The van der Waals surface area contributed by atoms with Gasteiger partial charge in [0.2, 0.25) is 0 Å². The highest BCUT2D eigenvalue weighted by Crippen LogP contribution is 2.23. The van der Waals surface area contributed by atoms with Crippen LogP contribution in [-0.4, -0.2) is 68.5 Å². The van der Waals surface area contributed by atoms with Crippen LogP contribution >= 0.6 is 24.0 Å². The molecule has 0 radical (unpaired) electrons. The molecule has 1 atom stereocenters. The molecule has 1 aromatic carbocycles. The number of hydrogen-bond donors (Lipinski definition) is 2.